The highest BCUT2D eigenvalue weighted by Crippen LogP contribution is 2.26. The number of hydrogen-bond donors (Lipinski definition) is 1. The summed E-state index contributed by atoms with van der Waals surface area (Å²) < 4.78 is 5.22. The van der Waals surface area contributed by atoms with E-state index in [1.165, 1.54) is 12.0 Å². The van der Waals surface area contributed by atoms with Gasteiger partial charge in [-0.25, -0.2) is 0 Å². The van der Waals surface area contributed by atoms with Crippen molar-refractivity contribution in [2.45, 2.75) is 26.2 Å². The van der Waals surface area contributed by atoms with Gasteiger partial charge in [-0.1, -0.05) is 30.7 Å². The van der Waals surface area contributed by atoms with Crippen molar-refractivity contribution in [1.29, 1.82) is 0 Å². The first-order valence-corrected chi connectivity index (χ1v) is 5.44. The molecule has 2 nitrogen and oxygen atoms in total. The van der Waals surface area contributed by atoms with Crippen LogP contribution in [0.1, 0.15) is 26.2 Å². The summed E-state index contributed by atoms with van der Waals surface area (Å²) in [5, 5.41) is 8.51. The molecule has 0 aromatic carbocycles. The van der Waals surface area contributed by atoms with Crippen molar-refractivity contribution in [2.24, 2.45) is 5.92 Å². The Bertz CT molecular complexity index is 206. The van der Waals surface area contributed by atoms with Gasteiger partial charge in [0.2, 0.25) is 0 Å². The molecule has 0 fully saturated rings. The molecule has 0 amide bonds. The van der Waals surface area contributed by atoms with Crippen LogP contribution >= 0.6 is 0 Å². The molecular formula is C12H20O2. The number of ether oxygens (including phenoxy) is 1. The lowest BCUT2D eigenvalue weighted by molar-refractivity contribution is 0.0890. The predicted octanol–water partition coefficient (Wildman–Crippen LogP) is 2.30. The average Bonchev–Trinajstić information content (AvgIpc) is 2.65. The molecule has 2 heteroatoms. The lowest BCUT2D eigenvalue weighted by Gasteiger charge is -2.11. The summed E-state index contributed by atoms with van der Waals surface area (Å²) >= 11 is 0. The molecule has 0 aromatic heterocycles. The van der Waals surface area contributed by atoms with E-state index in [-0.39, 0.29) is 6.61 Å². The van der Waals surface area contributed by atoms with Crippen molar-refractivity contribution >= 4 is 0 Å². The van der Waals surface area contributed by atoms with Crippen LogP contribution in [0.3, 0.4) is 0 Å². The summed E-state index contributed by atoms with van der Waals surface area (Å²) in [7, 11) is 0. The fraction of sp³-hybridized carbons (Fsp3) is 0.667. The molecule has 1 N–H and O–H groups in total. The third kappa shape index (κ3) is 3.64. The Balaban J connectivity index is 2.07. The SMILES string of the molecule is CCC1=CC=C[C@@H]1CCCOCCO. The van der Waals surface area contributed by atoms with Crippen molar-refractivity contribution in [3.05, 3.63) is 23.8 Å². The van der Waals surface area contributed by atoms with E-state index in [9.17, 15) is 0 Å². The van der Waals surface area contributed by atoms with E-state index < -0.39 is 0 Å². The van der Waals surface area contributed by atoms with Crippen molar-refractivity contribution in [3.8, 4) is 0 Å². The van der Waals surface area contributed by atoms with Crippen LogP contribution in [-0.2, 0) is 4.74 Å². The van der Waals surface area contributed by atoms with Crippen molar-refractivity contribution in [1.82, 2.24) is 0 Å². The van der Waals surface area contributed by atoms with E-state index >= 15 is 0 Å². The molecule has 1 rings (SSSR count). The maximum atomic E-state index is 8.51. The largest absolute Gasteiger partial charge is 0.394 e. The van der Waals surface area contributed by atoms with Gasteiger partial charge >= 0.3 is 0 Å². The molecule has 0 saturated heterocycles. The lowest BCUT2D eigenvalue weighted by Crippen LogP contribution is -2.04. The van der Waals surface area contributed by atoms with Gasteiger partial charge in [-0.2, -0.15) is 0 Å². The van der Waals surface area contributed by atoms with E-state index in [4.69, 9.17) is 9.84 Å². The molecule has 0 unspecified atom stereocenters. The Morgan fingerprint density at radius 3 is 3.00 bits per heavy atom. The van der Waals surface area contributed by atoms with Crippen LogP contribution in [0.2, 0.25) is 0 Å². The van der Waals surface area contributed by atoms with E-state index in [0.29, 0.717) is 12.5 Å². The van der Waals surface area contributed by atoms with Crippen LogP contribution in [0.25, 0.3) is 0 Å². The van der Waals surface area contributed by atoms with Crippen LogP contribution in [0.5, 0.6) is 0 Å². The number of aliphatic hydroxyl groups excluding tert-OH is 1. The number of aliphatic hydroxyl groups is 1. The average molecular weight is 196 g/mol. The maximum Gasteiger partial charge on any atom is 0.0697 e. The quantitative estimate of drug-likeness (QED) is 0.633. The number of hydrogen-bond acceptors (Lipinski definition) is 2. The van der Waals surface area contributed by atoms with Crippen molar-refractivity contribution in [2.75, 3.05) is 19.8 Å². The monoisotopic (exact) mass is 196 g/mol. The first-order chi connectivity index (χ1) is 6.88. The molecule has 0 spiro atoms. The zero-order valence-electron chi connectivity index (χ0n) is 8.91. The first kappa shape index (κ1) is 11.5. The number of allylic oxidation sites excluding steroid dienone is 4. The molecule has 14 heavy (non-hydrogen) atoms. The van der Waals surface area contributed by atoms with Crippen LogP contribution < -0.4 is 0 Å². The standard InChI is InChI=1S/C12H20O2/c1-2-11-5-3-6-12(11)7-4-9-14-10-8-13/h3,5-6,12-13H,2,4,7-10H2,1H3/t12-/m1/s1. The summed E-state index contributed by atoms with van der Waals surface area (Å²) in [5.41, 5.74) is 1.53. The zero-order valence-corrected chi connectivity index (χ0v) is 8.91. The van der Waals surface area contributed by atoms with E-state index in [2.05, 4.69) is 25.2 Å². The van der Waals surface area contributed by atoms with Gasteiger partial charge < -0.3 is 9.84 Å². The van der Waals surface area contributed by atoms with Gasteiger partial charge in [-0.05, 0) is 25.2 Å². The molecular weight excluding hydrogens is 176 g/mol. The topological polar surface area (TPSA) is 29.5 Å². The molecule has 1 aliphatic carbocycles. The second-order valence-electron chi connectivity index (χ2n) is 3.56. The zero-order chi connectivity index (χ0) is 10.2. The van der Waals surface area contributed by atoms with E-state index in [1.807, 2.05) is 0 Å². The predicted molar refractivity (Wildman–Crippen MR) is 58.1 cm³/mol. The van der Waals surface area contributed by atoms with Crippen molar-refractivity contribution < 1.29 is 9.84 Å². The molecule has 0 aliphatic heterocycles. The second kappa shape index (κ2) is 6.80. The lowest BCUT2D eigenvalue weighted by atomic mass is 9.96. The number of rotatable bonds is 7. The van der Waals surface area contributed by atoms with E-state index in [0.717, 1.165) is 19.4 Å². The second-order valence-corrected chi connectivity index (χ2v) is 3.56. The third-order valence-electron chi connectivity index (χ3n) is 2.58. The van der Waals surface area contributed by atoms with Gasteiger partial charge in [-0.3, -0.25) is 0 Å². The van der Waals surface area contributed by atoms with Crippen LogP contribution in [0.15, 0.2) is 23.8 Å². The van der Waals surface area contributed by atoms with Gasteiger partial charge in [0.25, 0.3) is 0 Å². The van der Waals surface area contributed by atoms with Crippen LogP contribution in [0.4, 0.5) is 0 Å². The maximum absolute atomic E-state index is 8.51. The molecule has 0 aromatic rings. The highest BCUT2D eigenvalue weighted by molar-refractivity contribution is 5.26. The van der Waals surface area contributed by atoms with Gasteiger partial charge in [-0.15, -0.1) is 0 Å². The Kier molecular flexibility index (Phi) is 5.57. The smallest absolute Gasteiger partial charge is 0.0697 e. The van der Waals surface area contributed by atoms with E-state index in [1.54, 1.807) is 0 Å². The molecule has 0 radical (unpaired) electrons. The Morgan fingerprint density at radius 2 is 2.29 bits per heavy atom. The summed E-state index contributed by atoms with van der Waals surface area (Å²) in [4.78, 5) is 0. The summed E-state index contributed by atoms with van der Waals surface area (Å²) in [5.74, 6) is 0.637. The molecule has 0 bridgehead atoms. The normalized spacial score (nSPS) is 20.1. The molecule has 0 saturated carbocycles. The van der Waals surface area contributed by atoms with Crippen LogP contribution in [-0.4, -0.2) is 24.9 Å². The molecule has 1 atom stereocenters. The molecule has 80 valence electrons. The highest BCUT2D eigenvalue weighted by Gasteiger charge is 2.11. The van der Waals surface area contributed by atoms with Gasteiger partial charge in [0.05, 0.1) is 13.2 Å². The van der Waals surface area contributed by atoms with Gasteiger partial charge in [0, 0.05) is 6.61 Å². The minimum absolute atomic E-state index is 0.128. The minimum Gasteiger partial charge on any atom is -0.394 e. The molecule has 1 aliphatic rings. The Hall–Kier alpha value is -0.600. The van der Waals surface area contributed by atoms with Gasteiger partial charge in [0.1, 0.15) is 0 Å². The van der Waals surface area contributed by atoms with Gasteiger partial charge in [0.15, 0.2) is 0 Å². The fourth-order valence-electron chi connectivity index (χ4n) is 1.79. The van der Waals surface area contributed by atoms with Crippen molar-refractivity contribution in [3.63, 3.8) is 0 Å². The summed E-state index contributed by atoms with van der Waals surface area (Å²) in [6.07, 6.45) is 10.0. The van der Waals surface area contributed by atoms with Crippen LogP contribution in [0, 0.1) is 5.92 Å². The molecule has 0 heterocycles. The minimum atomic E-state index is 0.128. The summed E-state index contributed by atoms with van der Waals surface area (Å²) in [6.45, 7) is 3.57. The Labute approximate surface area is 86.3 Å². The fourth-order valence-corrected chi connectivity index (χ4v) is 1.79. The summed E-state index contributed by atoms with van der Waals surface area (Å²) in [6, 6.07) is 0. The first-order valence-electron chi connectivity index (χ1n) is 5.44. The highest BCUT2D eigenvalue weighted by atomic mass is 16.5. The third-order valence-corrected chi connectivity index (χ3v) is 2.58. The Morgan fingerprint density at radius 1 is 1.43 bits per heavy atom.